The van der Waals surface area contributed by atoms with Crippen LogP contribution in [0.1, 0.15) is 22.5 Å². The maximum absolute atomic E-state index is 12.8. The van der Waals surface area contributed by atoms with E-state index in [4.69, 9.17) is 0 Å². The van der Waals surface area contributed by atoms with E-state index in [1.165, 1.54) is 0 Å². The number of aryl methyl sites for hydroxylation is 1. The SMILES string of the molecule is Cn1cc(CS(=O)(=O)Cc2conc2C(F)(F)F)c(C(F)(F)F)n1. The molecule has 0 amide bonds. The van der Waals surface area contributed by atoms with Crippen molar-refractivity contribution in [1.29, 1.82) is 0 Å². The summed E-state index contributed by atoms with van der Waals surface area (Å²) in [6.07, 6.45) is -8.49. The van der Waals surface area contributed by atoms with Gasteiger partial charge < -0.3 is 4.52 Å². The molecule has 0 radical (unpaired) electrons. The maximum atomic E-state index is 12.8. The molecule has 0 aliphatic carbocycles. The second-order valence-electron chi connectivity index (χ2n) is 4.89. The fourth-order valence-electron chi connectivity index (χ4n) is 2.00. The Morgan fingerprint density at radius 3 is 2.12 bits per heavy atom. The van der Waals surface area contributed by atoms with Gasteiger partial charge in [0.2, 0.25) is 0 Å². The molecule has 6 nitrogen and oxygen atoms in total. The van der Waals surface area contributed by atoms with Crippen LogP contribution in [0, 0.1) is 0 Å². The highest BCUT2D eigenvalue weighted by molar-refractivity contribution is 7.89. The number of halogens is 6. The van der Waals surface area contributed by atoms with Gasteiger partial charge in [0.1, 0.15) is 6.26 Å². The first-order chi connectivity index (χ1) is 10.8. The Kier molecular flexibility index (Phi) is 4.41. The van der Waals surface area contributed by atoms with E-state index in [9.17, 15) is 34.8 Å². The molecular formula is C11H9F6N3O3S. The third-order valence-electron chi connectivity index (χ3n) is 2.84. The van der Waals surface area contributed by atoms with Crippen molar-refractivity contribution in [1.82, 2.24) is 14.9 Å². The van der Waals surface area contributed by atoms with Crippen LogP contribution in [-0.4, -0.2) is 23.4 Å². The van der Waals surface area contributed by atoms with Gasteiger partial charge in [-0.2, -0.15) is 31.4 Å². The molecule has 0 aliphatic heterocycles. The van der Waals surface area contributed by atoms with Gasteiger partial charge >= 0.3 is 12.4 Å². The zero-order valence-corrected chi connectivity index (χ0v) is 12.6. The topological polar surface area (TPSA) is 78.0 Å². The van der Waals surface area contributed by atoms with Crippen molar-refractivity contribution in [3.63, 3.8) is 0 Å². The lowest BCUT2D eigenvalue weighted by atomic mass is 10.3. The van der Waals surface area contributed by atoms with Gasteiger partial charge in [-0.1, -0.05) is 5.16 Å². The summed E-state index contributed by atoms with van der Waals surface area (Å²) in [6, 6.07) is 0. The Morgan fingerprint density at radius 1 is 1.04 bits per heavy atom. The summed E-state index contributed by atoms with van der Waals surface area (Å²) >= 11 is 0. The van der Waals surface area contributed by atoms with Crippen molar-refractivity contribution < 1.29 is 39.3 Å². The summed E-state index contributed by atoms with van der Waals surface area (Å²) < 4.78 is 105. The number of alkyl halides is 6. The molecule has 2 aromatic heterocycles. The first-order valence-corrected chi connectivity index (χ1v) is 7.92. The van der Waals surface area contributed by atoms with Crippen molar-refractivity contribution in [3.8, 4) is 0 Å². The largest absolute Gasteiger partial charge is 0.437 e. The van der Waals surface area contributed by atoms with Crippen molar-refractivity contribution in [2.75, 3.05) is 0 Å². The van der Waals surface area contributed by atoms with Gasteiger partial charge in [0, 0.05) is 24.4 Å². The van der Waals surface area contributed by atoms with Gasteiger partial charge in [0.05, 0.1) is 11.5 Å². The first-order valence-electron chi connectivity index (χ1n) is 6.10. The van der Waals surface area contributed by atoms with Crippen LogP contribution >= 0.6 is 0 Å². The summed E-state index contributed by atoms with van der Waals surface area (Å²) in [7, 11) is -3.20. The van der Waals surface area contributed by atoms with E-state index in [2.05, 4.69) is 14.8 Å². The smallest absolute Gasteiger partial charge is 0.364 e. The molecule has 0 N–H and O–H groups in total. The summed E-state index contributed by atoms with van der Waals surface area (Å²) in [6.45, 7) is 0. The summed E-state index contributed by atoms with van der Waals surface area (Å²) in [5.74, 6) is -2.30. The normalized spacial score (nSPS) is 13.5. The number of hydrogen-bond donors (Lipinski definition) is 0. The number of hydrogen-bond acceptors (Lipinski definition) is 5. The van der Waals surface area contributed by atoms with E-state index in [0.717, 1.165) is 17.9 Å². The molecule has 0 atom stereocenters. The van der Waals surface area contributed by atoms with Gasteiger partial charge in [0.15, 0.2) is 21.2 Å². The third-order valence-corrected chi connectivity index (χ3v) is 4.34. The van der Waals surface area contributed by atoms with E-state index in [1.54, 1.807) is 0 Å². The number of nitrogens with zero attached hydrogens (tertiary/aromatic N) is 3. The lowest BCUT2D eigenvalue weighted by Crippen LogP contribution is -2.15. The molecular weight excluding hydrogens is 368 g/mol. The Balaban J connectivity index is 2.30. The van der Waals surface area contributed by atoms with Gasteiger partial charge in [-0.05, 0) is 0 Å². The van der Waals surface area contributed by atoms with Crippen LogP contribution in [0.3, 0.4) is 0 Å². The average molecular weight is 377 g/mol. The fraction of sp³-hybridized carbons (Fsp3) is 0.455. The minimum absolute atomic E-state index is 0.494. The second-order valence-corrected chi connectivity index (χ2v) is 6.96. The van der Waals surface area contributed by atoms with Gasteiger partial charge in [-0.3, -0.25) is 4.68 Å². The predicted molar refractivity (Wildman–Crippen MR) is 66.0 cm³/mol. The molecule has 2 rings (SSSR count). The molecule has 0 aliphatic rings. The van der Waals surface area contributed by atoms with Crippen LogP contribution < -0.4 is 0 Å². The lowest BCUT2D eigenvalue weighted by Gasteiger charge is -2.08. The summed E-state index contributed by atoms with van der Waals surface area (Å²) in [4.78, 5) is 0. The summed E-state index contributed by atoms with van der Waals surface area (Å²) in [5.41, 5.74) is -4.38. The maximum Gasteiger partial charge on any atom is 0.437 e. The van der Waals surface area contributed by atoms with E-state index in [1.807, 2.05) is 0 Å². The Labute approximate surface area is 131 Å². The van der Waals surface area contributed by atoms with Gasteiger partial charge in [0.25, 0.3) is 0 Å². The zero-order chi connectivity index (χ0) is 18.3. The van der Waals surface area contributed by atoms with E-state index in [-0.39, 0.29) is 0 Å². The zero-order valence-electron chi connectivity index (χ0n) is 11.8. The molecule has 134 valence electrons. The Morgan fingerprint density at radius 2 is 1.58 bits per heavy atom. The number of sulfone groups is 1. The lowest BCUT2D eigenvalue weighted by molar-refractivity contribution is -0.143. The molecule has 0 unspecified atom stereocenters. The van der Waals surface area contributed by atoms with E-state index >= 15 is 0 Å². The van der Waals surface area contributed by atoms with Crippen LogP contribution in [0.25, 0.3) is 0 Å². The molecule has 0 spiro atoms. The Hall–Kier alpha value is -2.05. The fourth-order valence-corrected chi connectivity index (χ4v) is 3.47. The highest BCUT2D eigenvalue weighted by Crippen LogP contribution is 2.34. The predicted octanol–water partition coefficient (Wildman–Crippen LogP) is 2.56. The molecule has 0 saturated heterocycles. The molecule has 2 aromatic rings. The highest BCUT2D eigenvalue weighted by Gasteiger charge is 2.40. The first kappa shape index (κ1) is 18.3. The summed E-state index contributed by atoms with van der Waals surface area (Å²) in [5, 5.41) is 5.81. The molecule has 0 fully saturated rings. The van der Waals surface area contributed by atoms with Crippen LogP contribution in [0.2, 0.25) is 0 Å². The monoisotopic (exact) mass is 377 g/mol. The van der Waals surface area contributed by atoms with Crippen molar-refractivity contribution >= 4 is 9.84 Å². The number of aromatic nitrogens is 3. The van der Waals surface area contributed by atoms with Crippen LogP contribution in [0.4, 0.5) is 26.3 Å². The molecule has 24 heavy (non-hydrogen) atoms. The Bertz CT molecular complexity index is 834. The van der Waals surface area contributed by atoms with Crippen molar-refractivity contribution in [2.45, 2.75) is 23.9 Å². The minimum Gasteiger partial charge on any atom is -0.364 e. The van der Waals surface area contributed by atoms with Gasteiger partial charge in [-0.25, -0.2) is 8.42 Å². The van der Waals surface area contributed by atoms with Crippen molar-refractivity contribution in [3.05, 3.63) is 35.0 Å². The molecule has 13 heteroatoms. The average Bonchev–Trinajstić information content (AvgIpc) is 2.93. The van der Waals surface area contributed by atoms with Gasteiger partial charge in [-0.15, -0.1) is 0 Å². The van der Waals surface area contributed by atoms with Crippen LogP contribution in [-0.2, 0) is 40.7 Å². The van der Waals surface area contributed by atoms with Crippen molar-refractivity contribution in [2.24, 2.45) is 7.05 Å². The van der Waals surface area contributed by atoms with Crippen LogP contribution in [0.15, 0.2) is 17.0 Å². The van der Waals surface area contributed by atoms with Crippen LogP contribution in [0.5, 0.6) is 0 Å². The third kappa shape index (κ3) is 4.07. The molecule has 2 heterocycles. The quantitative estimate of drug-likeness (QED) is 0.766. The standard InChI is InChI=1S/C11H9F6N3O3S/c1-20-2-6(8(18-20)10(12,13)14)4-24(21,22)5-7-3-23-19-9(7)11(15,16)17/h2-3H,4-5H2,1H3. The van der Waals surface area contributed by atoms with E-state index in [0.29, 0.717) is 6.26 Å². The molecule has 0 aromatic carbocycles. The minimum atomic E-state index is -4.94. The highest BCUT2D eigenvalue weighted by atomic mass is 32.2. The second kappa shape index (κ2) is 5.79. The van der Waals surface area contributed by atoms with E-state index < -0.39 is 56.2 Å². The number of rotatable bonds is 4. The molecule has 0 saturated carbocycles. The molecule has 0 bridgehead atoms.